The maximum atomic E-state index is 5.83. The van der Waals surface area contributed by atoms with E-state index in [1.54, 1.807) is 11.3 Å². The molecule has 1 aromatic heterocycles. The lowest BCUT2D eigenvalue weighted by atomic mass is 10.1. The molecule has 4 nitrogen and oxygen atoms in total. The Morgan fingerprint density at radius 3 is 2.63 bits per heavy atom. The van der Waals surface area contributed by atoms with E-state index < -0.39 is 0 Å². The third-order valence-corrected chi connectivity index (χ3v) is 4.40. The Morgan fingerprint density at radius 1 is 1.21 bits per heavy atom. The molecule has 0 amide bonds. The highest BCUT2D eigenvalue weighted by Gasteiger charge is 2.18. The zero-order valence-corrected chi connectivity index (χ0v) is 11.5. The van der Waals surface area contributed by atoms with E-state index in [1.165, 1.54) is 10.4 Å². The summed E-state index contributed by atoms with van der Waals surface area (Å²) in [6.45, 7) is 3.85. The van der Waals surface area contributed by atoms with Gasteiger partial charge in [-0.3, -0.25) is 0 Å². The SMILES string of the molecule is NCc1nc(N2CCOCC2)sc1-c1ccccc1. The highest BCUT2D eigenvalue weighted by atomic mass is 32.1. The quantitative estimate of drug-likeness (QED) is 0.932. The van der Waals surface area contributed by atoms with Crippen molar-refractivity contribution in [3.8, 4) is 10.4 Å². The molecular weight excluding hydrogens is 258 g/mol. The molecule has 1 aliphatic rings. The van der Waals surface area contributed by atoms with Crippen LogP contribution in [0.15, 0.2) is 30.3 Å². The van der Waals surface area contributed by atoms with Crippen molar-refractivity contribution in [3.05, 3.63) is 36.0 Å². The van der Waals surface area contributed by atoms with Crippen LogP contribution >= 0.6 is 11.3 Å². The summed E-state index contributed by atoms with van der Waals surface area (Å²) in [5.41, 5.74) is 8.01. The summed E-state index contributed by atoms with van der Waals surface area (Å²) in [5, 5.41) is 1.06. The summed E-state index contributed by atoms with van der Waals surface area (Å²) in [5.74, 6) is 0. The molecule has 0 unspecified atom stereocenters. The topological polar surface area (TPSA) is 51.4 Å². The number of ether oxygens (including phenoxy) is 1. The van der Waals surface area contributed by atoms with Gasteiger partial charge < -0.3 is 15.4 Å². The lowest BCUT2D eigenvalue weighted by Crippen LogP contribution is -2.36. The van der Waals surface area contributed by atoms with Gasteiger partial charge in [-0.05, 0) is 5.56 Å². The van der Waals surface area contributed by atoms with Crippen LogP contribution in [-0.4, -0.2) is 31.3 Å². The Hall–Kier alpha value is -1.43. The molecule has 5 heteroatoms. The van der Waals surface area contributed by atoms with Crippen molar-refractivity contribution in [2.24, 2.45) is 5.73 Å². The van der Waals surface area contributed by atoms with Gasteiger partial charge in [0.25, 0.3) is 0 Å². The van der Waals surface area contributed by atoms with E-state index in [2.05, 4.69) is 17.0 Å². The standard InChI is InChI=1S/C14H17N3OS/c15-10-12-13(11-4-2-1-3-5-11)19-14(16-12)17-6-8-18-9-7-17/h1-5H,6-10,15H2. The van der Waals surface area contributed by atoms with Gasteiger partial charge >= 0.3 is 0 Å². The second kappa shape index (κ2) is 5.69. The first kappa shape index (κ1) is 12.6. The molecule has 1 fully saturated rings. The van der Waals surface area contributed by atoms with E-state index in [1.807, 2.05) is 18.2 Å². The van der Waals surface area contributed by atoms with E-state index in [9.17, 15) is 0 Å². The van der Waals surface area contributed by atoms with Crippen molar-refractivity contribution in [3.63, 3.8) is 0 Å². The first-order chi connectivity index (χ1) is 9.38. The molecule has 1 saturated heterocycles. The van der Waals surface area contributed by atoms with Crippen molar-refractivity contribution >= 4 is 16.5 Å². The molecule has 0 spiro atoms. The minimum absolute atomic E-state index is 0.477. The summed E-state index contributed by atoms with van der Waals surface area (Å²) in [7, 11) is 0. The number of nitrogens with zero attached hydrogens (tertiary/aromatic N) is 2. The van der Waals surface area contributed by atoms with E-state index in [-0.39, 0.29) is 0 Å². The van der Waals surface area contributed by atoms with Crippen LogP contribution in [0.1, 0.15) is 5.69 Å². The van der Waals surface area contributed by atoms with Gasteiger partial charge in [0.1, 0.15) is 0 Å². The van der Waals surface area contributed by atoms with E-state index in [4.69, 9.17) is 15.5 Å². The number of rotatable bonds is 3. The molecule has 0 saturated carbocycles. The van der Waals surface area contributed by atoms with Crippen LogP contribution in [0.5, 0.6) is 0 Å². The van der Waals surface area contributed by atoms with Gasteiger partial charge in [0.2, 0.25) is 0 Å². The molecule has 0 radical (unpaired) electrons. The number of nitrogens with two attached hydrogens (primary N) is 1. The summed E-state index contributed by atoms with van der Waals surface area (Å²) < 4.78 is 5.38. The molecule has 3 rings (SSSR count). The van der Waals surface area contributed by atoms with Gasteiger partial charge in [-0.2, -0.15) is 0 Å². The molecule has 2 N–H and O–H groups in total. The van der Waals surface area contributed by atoms with E-state index in [0.29, 0.717) is 6.54 Å². The molecule has 2 aromatic rings. The average Bonchev–Trinajstić information content (AvgIpc) is 2.93. The molecule has 0 atom stereocenters. The normalized spacial score (nSPS) is 15.7. The van der Waals surface area contributed by atoms with Crippen molar-refractivity contribution < 1.29 is 4.74 Å². The monoisotopic (exact) mass is 275 g/mol. The second-order valence-corrected chi connectivity index (χ2v) is 5.42. The van der Waals surface area contributed by atoms with Gasteiger partial charge in [0.15, 0.2) is 5.13 Å². The largest absolute Gasteiger partial charge is 0.378 e. The fourth-order valence-corrected chi connectivity index (χ4v) is 3.33. The zero-order chi connectivity index (χ0) is 13.1. The highest BCUT2D eigenvalue weighted by Crippen LogP contribution is 2.34. The molecule has 0 bridgehead atoms. The molecule has 1 aliphatic heterocycles. The maximum Gasteiger partial charge on any atom is 0.186 e. The Balaban J connectivity index is 1.94. The minimum atomic E-state index is 0.477. The predicted octanol–water partition coefficient (Wildman–Crippen LogP) is 2.11. The number of benzene rings is 1. The lowest BCUT2D eigenvalue weighted by Gasteiger charge is -2.26. The van der Waals surface area contributed by atoms with Crippen LogP contribution in [0.3, 0.4) is 0 Å². The van der Waals surface area contributed by atoms with Crippen LogP contribution in [0.4, 0.5) is 5.13 Å². The Labute approximate surface area is 116 Å². The minimum Gasteiger partial charge on any atom is -0.378 e. The van der Waals surface area contributed by atoms with E-state index in [0.717, 1.165) is 37.1 Å². The van der Waals surface area contributed by atoms with Gasteiger partial charge in [0, 0.05) is 19.6 Å². The van der Waals surface area contributed by atoms with Crippen LogP contribution in [-0.2, 0) is 11.3 Å². The average molecular weight is 275 g/mol. The summed E-state index contributed by atoms with van der Waals surface area (Å²) in [6.07, 6.45) is 0. The van der Waals surface area contributed by atoms with Crippen LogP contribution in [0.25, 0.3) is 10.4 Å². The first-order valence-electron chi connectivity index (χ1n) is 6.46. The molecule has 19 heavy (non-hydrogen) atoms. The number of morpholine rings is 1. The number of thiazole rings is 1. The van der Waals surface area contributed by atoms with Crippen molar-refractivity contribution in [2.75, 3.05) is 31.2 Å². The number of aromatic nitrogens is 1. The lowest BCUT2D eigenvalue weighted by molar-refractivity contribution is 0.122. The molecule has 2 heterocycles. The summed E-state index contributed by atoms with van der Waals surface area (Å²) in [4.78, 5) is 8.15. The van der Waals surface area contributed by atoms with Crippen molar-refractivity contribution in [1.82, 2.24) is 4.98 Å². The van der Waals surface area contributed by atoms with Crippen LogP contribution in [0, 0.1) is 0 Å². The third kappa shape index (κ3) is 2.63. The predicted molar refractivity (Wildman–Crippen MR) is 78.5 cm³/mol. The maximum absolute atomic E-state index is 5.83. The second-order valence-electron chi connectivity index (χ2n) is 4.44. The summed E-state index contributed by atoms with van der Waals surface area (Å²) in [6, 6.07) is 10.3. The Bertz CT molecular complexity index is 535. The number of hydrogen-bond acceptors (Lipinski definition) is 5. The van der Waals surface area contributed by atoms with Crippen LogP contribution in [0.2, 0.25) is 0 Å². The molecule has 1 aromatic carbocycles. The smallest absolute Gasteiger partial charge is 0.186 e. The Kier molecular flexibility index (Phi) is 3.77. The van der Waals surface area contributed by atoms with Crippen LogP contribution < -0.4 is 10.6 Å². The third-order valence-electron chi connectivity index (χ3n) is 3.20. The fraction of sp³-hybridized carbons (Fsp3) is 0.357. The number of hydrogen-bond donors (Lipinski definition) is 1. The molecular formula is C14H17N3OS. The highest BCUT2D eigenvalue weighted by molar-refractivity contribution is 7.19. The number of anilines is 1. The van der Waals surface area contributed by atoms with Gasteiger partial charge in [-0.15, -0.1) is 0 Å². The summed E-state index contributed by atoms with van der Waals surface area (Å²) >= 11 is 1.72. The fourth-order valence-electron chi connectivity index (χ4n) is 2.18. The first-order valence-corrected chi connectivity index (χ1v) is 7.28. The van der Waals surface area contributed by atoms with Gasteiger partial charge in [-0.25, -0.2) is 4.98 Å². The van der Waals surface area contributed by atoms with Crippen molar-refractivity contribution in [1.29, 1.82) is 0 Å². The van der Waals surface area contributed by atoms with E-state index >= 15 is 0 Å². The molecule has 100 valence electrons. The van der Waals surface area contributed by atoms with Gasteiger partial charge in [-0.1, -0.05) is 41.7 Å². The van der Waals surface area contributed by atoms with Gasteiger partial charge in [0.05, 0.1) is 23.8 Å². The van der Waals surface area contributed by atoms with Crippen molar-refractivity contribution in [2.45, 2.75) is 6.54 Å². The Morgan fingerprint density at radius 2 is 1.95 bits per heavy atom. The molecule has 0 aliphatic carbocycles. The zero-order valence-electron chi connectivity index (χ0n) is 10.7.